The highest BCUT2D eigenvalue weighted by Crippen LogP contribution is 2.20. The van der Waals surface area contributed by atoms with Crippen LogP contribution in [-0.2, 0) is 0 Å². The average Bonchev–Trinajstić information content (AvgIpc) is 2.84. The molecule has 1 N–H and O–H groups in total. The molecule has 0 amide bonds. The highest BCUT2D eigenvalue weighted by Gasteiger charge is 2.06. The molecule has 0 atom stereocenters. The smallest absolute Gasteiger partial charge is 0.134 e. The molecule has 80 valence electrons. The number of nitriles is 1. The highest BCUT2D eigenvalue weighted by atomic mass is 32.1. The molecule has 5 heteroatoms. The predicted octanol–water partition coefficient (Wildman–Crippen LogP) is 2.55. The van der Waals surface area contributed by atoms with Crippen molar-refractivity contribution in [1.29, 1.82) is 5.26 Å². The normalized spacial score (nSPS) is 11.4. The van der Waals surface area contributed by atoms with Crippen LogP contribution in [0.3, 0.4) is 0 Å². The molecule has 0 aromatic carbocycles. The van der Waals surface area contributed by atoms with Crippen molar-refractivity contribution in [3.05, 3.63) is 33.5 Å². The number of hydrogen-bond acceptors (Lipinski definition) is 4. The lowest BCUT2D eigenvalue weighted by Gasteiger charge is -1.90. The largest absolute Gasteiger partial charge is 0.282 e. The molecular formula is C11H10N4S. The Morgan fingerprint density at radius 3 is 2.88 bits per heavy atom. The number of H-pyrrole nitrogens is 1. The molecule has 0 aliphatic rings. The lowest BCUT2D eigenvalue weighted by Crippen LogP contribution is -1.81. The number of nitrogens with one attached hydrogen (secondary N) is 1. The maximum Gasteiger partial charge on any atom is 0.134 e. The van der Waals surface area contributed by atoms with E-state index in [1.165, 1.54) is 11.3 Å². The first kappa shape index (κ1) is 10.6. The minimum Gasteiger partial charge on any atom is -0.282 e. The number of hydrogen-bond donors (Lipinski definition) is 1. The van der Waals surface area contributed by atoms with Crippen molar-refractivity contribution in [2.75, 3.05) is 0 Å². The first-order valence-electron chi connectivity index (χ1n) is 4.75. The van der Waals surface area contributed by atoms with Gasteiger partial charge in [-0.15, -0.1) is 11.3 Å². The monoisotopic (exact) mass is 230 g/mol. The zero-order valence-electron chi connectivity index (χ0n) is 8.98. The molecule has 0 saturated heterocycles. The average molecular weight is 230 g/mol. The van der Waals surface area contributed by atoms with E-state index in [2.05, 4.69) is 21.3 Å². The van der Waals surface area contributed by atoms with Gasteiger partial charge >= 0.3 is 0 Å². The van der Waals surface area contributed by atoms with Crippen LogP contribution in [0.25, 0.3) is 11.6 Å². The van der Waals surface area contributed by atoms with Crippen LogP contribution in [0.2, 0.25) is 0 Å². The Kier molecular flexibility index (Phi) is 2.84. The van der Waals surface area contributed by atoms with E-state index in [-0.39, 0.29) is 0 Å². The van der Waals surface area contributed by atoms with Crippen molar-refractivity contribution in [2.24, 2.45) is 0 Å². The number of thiazole rings is 1. The summed E-state index contributed by atoms with van der Waals surface area (Å²) < 4.78 is 0. The molecule has 2 aromatic rings. The number of aromatic nitrogens is 3. The van der Waals surface area contributed by atoms with E-state index in [1.54, 1.807) is 6.08 Å². The second-order valence-corrected chi connectivity index (χ2v) is 4.30. The molecule has 0 spiro atoms. The fraction of sp³-hybridized carbons (Fsp3) is 0.182. The number of allylic oxidation sites excluding steroid dienone is 1. The van der Waals surface area contributed by atoms with Crippen molar-refractivity contribution in [1.82, 2.24) is 15.2 Å². The zero-order chi connectivity index (χ0) is 11.5. The lowest BCUT2D eigenvalue weighted by molar-refractivity contribution is 1.04. The van der Waals surface area contributed by atoms with Crippen molar-refractivity contribution in [3.63, 3.8) is 0 Å². The van der Waals surface area contributed by atoms with Crippen molar-refractivity contribution in [3.8, 4) is 6.07 Å². The fourth-order valence-corrected chi connectivity index (χ4v) is 2.04. The van der Waals surface area contributed by atoms with E-state index in [4.69, 9.17) is 5.26 Å². The van der Waals surface area contributed by atoms with E-state index in [1.807, 2.05) is 25.3 Å². The van der Waals surface area contributed by atoms with Crippen LogP contribution < -0.4 is 0 Å². The summed E-state index contributed by atoms with van der Waals surface area (Å²) in [5.41, 5.74) is 3.20. The van der Waals surface area contributed by atoms with E-state index in [9.17, 15) is 0 Å². The summed E-state index contributed by atoms with van der Waals surface area (Å²) in [5, 5.41) is 18.6. The summed E-state index contributed by atoms with van der Waals surface area (Å²) in [6.07, 6.45) is 1.74. The lowest BCUT2D eigenvalue weighted by atomic mass is 10.2. The molecule has 0 bridgehead atoms. The van der Waals surface area contributed by atoms with Crippen LogP contribution in [0.4, 0.5) is 0 Å². The molecule has 0 fully saturated rings. The second kappa shape index (κ2) is 4.29. The van der Waals surface area contributed by atoms with Crippen molar-refractivity contribution in [2.45, 2.75) is 13.8 Å². The van der Waals surface area contributed by atoms with Gasteiger partial charge < -0.3 is 0 Å². The summed E-state index contributed by atoms with van der Waals surface area (Å²) >= 11 is 1.47. The first-order chi connectivity index (χ1) is 7.69. The molecular weight excluding hydrogens is 220 g/mol. The minimum absolute atomic E-state index is 0.546. The summed E-state index contributed by atoms with van der Waals surface area (Å²) in [6, 6.07) is 4.03. The first-order valence-corrected chi connectivity index (χ1v) is 5.63. The van der Waals surface area contributed by atoms with Gasteiger partial charge in [-0.2, -0.15) is 10.4 Å². The van der Waals surface area contributed by atoms with Crippen LogP contribution in [-0.4, -0.2) is 15.2 Å². The number of nitrogens with zero attached hydrogens (tertiary/aromatic N) is 3. The van der Waals surface area contributed by atoms with E-state index in [0.29, 0.717) is 5.57 Å². The van der Waals surface area contributed by atoms with Crippen LogP contribution in [0.15, 0.2) is 11.4 Å². The third-order valence-corrected chi connectivity index (χ3v) is 2.98. The molecule has 2 heterocycles. The Hall–Kier alpha value is -1.93. The van der Waals surface area contributed by atoms with Gasteiger partial charge in [-0.3, -0.25) is 5.10 Å². The van der Waals surface area contributed by atoms with Gasteiger partial charge in [-0.25, -0.2) is 4.98 Å². The number of aromatic amines is 1. The topological polar surface area (TPSA) is 65.4 Å². The van der Waals surface area contributed by atoms with Gasteiger partial charge in [-0.1, -0.05) is 0 Å². The summed E-state index contributed by atoms with van der Waals surface area (Å²) in [5.74, 6) is 0. The highest BCUT2D eigenvalue weighted by molar-refractivity contribution is 7.11. The molecule has 0 aliphatic heterocycles. The Morgan fingerprint density at radius 1 is 1.56 bits per heavy atom. The van der Waals surface area contributed by atoms with Gasteiger partial charge in [0.2, 0.25) is 0 Å². The predicted molar refractivity (Wildman–Crippen MR) is 63.7 cm³/mol. The van der Waals surface area contributed by atoms with E-state index < -0.39 is 0 Å². The molecule has 2 rings (SSSR count). The molecule has 16 heavy (non-hydrogen) atoms. The van der Waals surface area contributed by atoms with Crippen molar-refractivity contribution < 1.29 is 0 Å². The van der Waals surface area contributed by atoms with Crippen LogP contribution >= 0.6 is 11.3 Å². The summed E-state index contributed by atoms with van der Waals surface area (Å²) in [6.45, 7) is 3.83. The fourth-order valence-electron chi connectivity index (χ4n) is 1.28. The Balaban J connectivity index is 2.37. The Morgan fingerprint density at radius 2 is 2.38 bits per heavy atom. The van der Waals surface area contributed by atoms with Crippen LogP contribution in [0.5, 0.6) is 0 Å². The second-order valence-electron chi connectivity index (χ2n) is 3.44. The van der Waals surface area contributed by atoms with Gasteiger partial charge in [0.05, 0.1) is 11.3 Å². The Labute approximate surface area is 97.3 Å². The molecule has 0 saturated carbocycles. The maximum atomic E-state index is 9.07. The van der Waals surface area contributed by atoms with Crippen molar-refractivity contribution >= 4 is 23.0 Å². The van der Waals surface area contributed by atoms with E-state index in [0.717, 1.165) is 22.1 Å². The van der Waals surface area contributed by atoms with Gasteiger partial charge in [0.25, 0.3) is 0 Å². The number of aryl methyl sites for hydroxylation is 2. The number of rotatable bonds is 2. The third-order valence-electron chi connectivity index (χ3n) is 1.99. The van der Waals surface area contributed by atoms with E-state index >= 15 is 0 Å². The SMILES string of the molecule is Cc1csc(C(C#N)=Cc2cc(C)[nH]n2)n1. The van der Waals surface area contributed by atoms with Gasteiger partial charge in [0.1, 0.15) is 11.1 Å². The summed E-state index contributed by atoms with van der Waals surface area (Å²) in [7, 11) is 0. The molecule has 0 unspecified atom stereocenters. The van der Waals surface area contributed by atoms with Gasteiger partial charge in [0, 0.05) is 16.8 Å². The zero-order valence-corrected chi connectivity index (χ0v) is 9.80. The molecule has 4 nitrogen and oxygen atoms in total. The standard InChI is InChI=1S/C11H10N4S/c1-7-3-10(15-14-7)4-9(5-12)11-13-8(2)6-16-11/h3-4,6H,1-2H3,(H,14,15). The molecule has 2 aromatic heterocycles. The van der Waals surface area contributed by atoms with Crippen LogP contribution in [0.1, 0.15) is 22.1 Å². The maximum absolute atomic E-state index is 9.07. The Bertz CT molecular complexity index is 571. The molecule has 0 radical (unpaired) electrons. The quantitative estimate of drug-likeness (QED) is 0.806. The van der Waals surface area contributed by atoms with Gasteiger partial charge in [-0.05, 0) is 26.0 Å². The minimum atomic E-state index is 0.546. The third kappa shape index (κ3) is 2.18. The van der Waals surface area contributed by atoms with Crippen LogP contribution in [0, 0.1) is 25.2 Å². The summed E-state index contributed by atoms with van der Waals surface area (Å²) in [4.78, 5) is 4.27. The molecule has 0 aliphatic carbocycles. The van der Waals surface area contributed by atoms with Gasteiger partial charge in [0.15, 0.2) is 0 Å².